The Morgan fingerprint density at radius 2 is 1.92 bits per heavy atom. The molecule has 0 amide bonds. The minimum absolute atomic E-state index is 0.00803. The van der Waals surface area contributed by atoms with Crippen molar-refractivity contribution in [1.82, 2.24) is 15.0 Å². The molecule has 1 aromatic carbocycles. The average Bonchev–Trinajstić information content (AvgIpc) is 3.35. The van der Waals surface area contributed by atoms with Gasteiger partial charge in [-0.1, -0.05) is 6.07 Å². The highest BCUT2D eigenvalue weighted by Crippen LogP contribution is 2.46. The van der Waals surface area contributed by atoms with Gasteiger partial charge in [0.15, 0.2) is 0 Å². The van der Waals surface area contributed by atoms with Crippen LogP contribution in [-0.4, -0.2) is 31.1 Å². The van der Waals surface area contributed by atoms with E-state index >= 15 is 0 Å². The molecule has 0 radical (unpaired) electrons. The van der Waals surface area contributed by atoms with Gasteiger partial charge in [-0.2, -0.15) is 13.2 Å². The van der Waals surface area contributed by atoms with Crippen LogP contribution in [-0.2, 0) is 18.2 Å². The second-order valence-corrected chi connectivity index (χ2v) is 11.2. The first-order valence-corrected chi connectivity index (χ1v) is 13.5. The zero-order valence-corrected chi connectivity index (χ0v) is 23.1. The number of aliphatic hydroxyl groups is 1. The number of aromatic carboxylic acids is 1. The summed E-state index contributed by atoms with van der Waals surface area (Å²) in [6.07, 6.45) is -0.131. The normalized spacial score (nSPS) is 17.1. The Hall–Kier alpha value is -3.35. The number of carbonyl (C=O) groups is 1. The largest absolute Gasteiger partial charge is 0.478 e. The van der Waals surface area contributed by atoms with Gasteiger partial charge >= 0.3 is 12.1 Å². The number of hydrogen-bond acceptors (Lipinski definition) is 7. The summed E-state index contributed by atoms with van der Waals surface area (Å²) in [5.41, 5.74) is 1.20. The number of anilines is 2. The molecule has 0 bridgehead atoms. The Bertz CT molecular complexity index is 1610. The van der Waals surface area contributed by atoms with Gasteiger partial charge in [-0.3, -0.25) is 0 Å². The molecule has 7 nitrogen and oxygen atoms in total. The number of rotatable bonds is 5. The van der Waals surface area contributed by atoms with Crippen LogP contribution in [0.1, 0.15) is 56.0 Å². The van der Waals surface area contributed by atoms with Crippen LogP contribution in [0, 0.1) is 13.8 Å². The summed E-state index contributed by atoms with van der Waals surface area (Å²) >= 11 is 4.71. The number of aryl methyl sites for hydroxylation is 2. The number of nitrogens with one attached hydrogen (secondary N) is 1. The number of halogens is 4. The summed E-state index contributed by atoms with van der Waals surface area (Å²) in [6, 6.07) is 7.05. The first-order valence-electron chi connectivity index (χ1n) is 11.9. The van der Waals surface area contributed by atoms with Crippen molar-refractivity contribution >= 4 is 44.9 Å². The molecule has 202 valence electrons. The van der Waals surface area contributed by atoms with Gasteiger partial charge in [-0.05, 0) is 95.6 Å². The Morgan fingerprint density at radius 3 is 2.64 bits per heavy atom. The van der Waals surface area contributed by atoms with Crippen LogP contribution in [0.2, 0.25) is 0 Å². The number of hydrogen-bond donors (Lipinski definition) is 3. The first-order chi connectivity index (χ1) is 18.4. The third kappa shape index (κ3) is 5.15. The molecule has 0 saturated carbocycles. The van der Waals surface area contributed by atoms with Crippen molar-refractivity contribution in [3.8, 4) is 10.6 Å². The maximum Gasteiger partial charge on any atom is 0.416 e. The summed E-state index contributed by atoms with van der Waals surface area (Å²) in [5, 5.41) is 24.8. The third-order valence-corrected chi connectivity index (χ3v) is 8.66. The van der Waals surface area contributed by atoms with Crippen molar-refractivity contribution < 1.29 is 28.2 Å². The van der Waals surface area contributed by atoms with Crippen LogP contribution in [0.4, 0.5) is 24.8 Å². The van der Waals surface area contributed by atoms with Gasteiger partial charge in [0.05, 0.1) is 21.7 Å². The van der Waals surface area contributed by atoms with E-state index in [9.17, 15) is 28.2 Å². The molecule has 39 heavy (non-hydrogen) atoms. The lowest BCUT2D eigenvalue weighted by molar-refractivity contribution is -0.137. The Kier molecular flexibility index (Phi) is 6.98. The number of carboxylic acid groups (broad SMARTS) is 1. The average molecular weight is 619 g/mol. The molecule has 5 rings (SSSR count). The molecular formula is C27H22BrF3N4O3S. The molecule has 1 aliphatic rings. The molecule has 1 aliphatic carbocycles. The third-order valence-electron chi connectivity index (χ3n) is 6.61. The second kappa shape index (κ2) is 10.00. The lowest BCUT2D eigenvalue weighted by Gasteiger charge is -2.34. The Balaban J connectivity index is 1.50. The Labute approximate surface area is 233 Å². The molecule has 1 atom stereocenters. The highest BCUT2D eigenvalue weighted by atomic mass is 79.9. The number of carboxylic acids is 1. The predicted molar refractivity (Wildman–Crippen MR) is 144 cm³/mol. The van der Waals surface area contributed by atoms with Crippen LogP contribution >= 0.6 is 27.3 Å². The van der Waals surface area contributed by atoms with Gasteiger partial charge < -0.3 is 15.5 Å². The number of pyridine rings is 2. The van der Waals surface area contributed by atoms with Gasteiger partial charge in [0.1, 0.15) is 22.2 Å². The van der Waals surface area contributed by atoms with E-state index in [2.05, 4.69) is 36.2 Å². The maximum atomic E-state index is 13.1. The van der Waals surface area contributed by atoms with Crippen molar-refractivity contribution in [1.29, 1.82) is 0 Å². The highest BCUT2D eigenvalue weighted by molar-refractivity contribution is 9.10. The van der Waals surface area contributed by atoms with Gasteiger partial charge in [-0.25, -0.2) is 19.7 Å². The highest BCUT2D eigenvalue weighted by Gasteiger charge is 2.41. The molecule has 0 spiro atoms. The van der Waals surface area contributed by atoms with E-state index in [1.807, 2.05) is 13.0 Å². The molecule has 0 fully saturated rings. The lowest BCUT2D eigenvalue weighted by atomic mass is 9.78. The van der Waals surface area contributed by atoms with Gasteiger partial charge in [0.2, 0.25) is 0 Å². The molecule has 3 N–H and O–H groups in total. The van der Waals surface area contributed by atoms with Gasteiger partial charge in [0.25, 0.3) is 0 Å². The van der Waals surface area contributed by atoms with Gasteiger partial charge in [0, 0.05) is 16.9 Å². The van der Waals surface area contributed by atoms with Gasteiger partial charge in [-0.15, -0.1) is 11.3 Å². The van der Waals surface area contributed by atoms with E-state index < -0.39 is 23.3 Å². The number of nitrogens with zero attached hydrogens (tertiary/aromatic N) is 3. The summed E-state index contributed by atoms with van der Waals surface area (Å²) < 4.78 is 39.8. The first kappa shape index (κ1) is 27.2. The quantitative estimate of drug-likeness (QED) is 0.221. The fourth-order valence-electron chi connectivity index (χ4n) is 4.82. The van der Waals surface area contributed by atoms with Crippen molar-refractivity contribution in [3.05, 3.63) is 85.6 Å². The molecule has 3 heterocycles. The smallest absolute Gasteiger partial charge is 0.416 e. The van der Waals surface area contributed by atoms with E-state index in [4.69, 9.17) is 0 Å². The summed E-state index contributed by atoms with van der Waals surface area (Å²) in [4.78, 5) is 25.5. The SMILES string of the molecule is Cc1cc(Nc2cc(C(F)(F)F)ccn2)nc(-c2cnc([C@@]3(O)CCCc4c3cc(C)c(C(=O)O)c4Br)s2)c1. The standard InChI is InChI=1S/C27H22BrF3N4O3S/c1-13-8-18(34-21(9-13)35-20-11-15(5-7-32-20)27(29,30)31)19-12-33-25(39-19)26(38)6-3-4-16-17(26)10-14(2)22(23(16)28)24(36)37/h5,7-12,38H,3-4,6H2,1-2H3,(H,36,37)(H,32,34,35)/t26-/m1/s1. The predicted octanol–water partition coefficient (Wildman–Crippen LogP) is 7.01. The molecular weight excluding hydrogens is 597 g/mol. The topological polar surface area (TPSA) is 108 Å². The zero-order valence-electron chi connectivity index (χ0n) is 20.7. The van der Waals surface area contributed by atoms with Crippen molar-refractivity contribution in [2.75, 3.05) is 5.32 Å². The monoisotopic (exact) mass is 618 g/mol. The van der Waals surface area contributed by atoms with Crippen molar-refractivity contribution in [2.24, 2.45) is 0 Å². The van der Waals surface area contributed by atoms with Crippen LogP contribution in [0.5, 0.6) is 0 Å². The molecule has 0 saturated heterocycles. The molecule has 3 aromatic heterocycles. The lowest BCUT2D eigenvalue weighted by Crippen LogP contribution is -2.32. The van der Waals surface area contributed by atoms with Crippen LogP contribution < -0.4 is 5.32 Å². The molecule has 4 aromatic rings. The Morgan fingerprint density at radius 1 is 1.15 bits per heavy atom. The van der Waals surface area contributed by atoms with E-state index in [1.54, 1.807) is 25.3 Å². The van der Waals surface area contributed by atoms with Crippen LogP contribution in [0.15, 0.2) is 47.2 Å². The van der Waals surface area contributed by atoms with Crippen LogP contribution in [0.3, 0.4) is 0 Å². The summed E-state index contributed by atoms with van der Waals surface area (Å²) in [5.74, 6) is -0.717. The van der Waals surface area contributed by atoms with Crippen molar-refractivity contribution in [2.45, 2.75) is 44.9 Å². The van der Waals surface area contributed by atoms with Crippen molar-refractivity contribution in [3.63, 3.8) is 0 Å². The number of fused-ring (bicyclic) bond motifs is 1. The second-order valence-electron chi connectivity index (χ2n) is 9.42. The van der Waals surface area contributed by atoms with E-state index in [0.29, 0.717) is 56.3 Å². The van der Waals surface area contributed by atoms with Crippen LogP contribution in [0.25, 0.3) is 10.6 Å². The fraction of sp³-hybridized carbons (Fsp3) is 0.259. The molecule has 0 aliphatic heterocycles. The fourth-order valence-corrected chi connectivity index (χ4v) is 6.72. The molecule has 0 unspecified atom stereocenters. The number of alkyl halides is 3. The summed E-state index contributed by atoms with van der Waals surface area (Å²) in [6.45, 7) is 3.53. The van der Waals surface area contributed by atoms with E-state index in [0.717, 1.165) is 29.5 Å². The minimum Gasteiger partial charge on any atom is -0.478 e. The maximum absolute atomic E-state index is 13.1. The number of aromatic nitrogens is 3. The van der Waals surface area contributed by atoms with E-state index in [1.165, 1.54) is 11.3 Å². The number of thiazole rings is 1. The number of benzene rings is 1. The van der Waals surface area contributed by atoms with E-state index in [-0.39, 0.29) is 11.4 Å². The molecule has 12 heteroatoms. The summed E-state index contributed by atoms with van der Waals surface area (Å²) in [7, 11) is 0. The minimum atomic E-state index is -4.50. The zero-order chi connectivity index (χ0) is 28.1.